The molecule has 4 bridgehead atoms. The van der Waals surface area contributed by atoms with Crippen LogP contribution in [0.4, 0.5) is 5.69 Å². The number of nitrogens with one attached hydrogen (secondary N) is 2. The number of carbonyl (C=O) groups excluding carboxylic acids is 3. The van der Waals surface area contributed by atoms with Crippen LogP contribution in [0.15, 0.2) is 18.2 Å². The summed E-state index contributed by atoms with van der Waals surface area (Å²) in [6.45, 7) is 1.24. The zero-order valence-corrected chi connectivity index (χ0v) is 18.7. The van der Waals surface area contributed by atoms with Crippen molar-refractivity contribution in [1.29, 1.82) is 0 Å². The van der Waals surface area contributed by atoms with Gasteiger partial charge in [-0.2, -0.15) is 0 Å². The Balaban J connectivity index is 1.27. The molecule has 0 spiro atoms. The molecule has 4 saturated carbocycles. The SMILES string of the molecule is COc1ccc(Cl)cc1NC(=O)C(C)OC(=O)CNC(=O)C12CC3CC(CC(C3)C1)C2. The topological polar surface area (TPSA) is 93.7 Å². The number of amides is 2. The molecule has 0 saturated heterocycles. The van der Waals surface area contributed by atoms with Crippen LogP contribution in [0, 0.1) is 23.2 Å². The summed E-state index contributed by atoms with van der Waals surface area (Å²) >= 11 is 5.97. The molecule has 2 N–H and O–H groups in total. The molecule has 2 amide bonds. The first kappa shape index (κ1) is 21.9. The van der Waals surface area contributed by atoms with E-state index in [2.05, 4.69) is 10.6 Å². The molecule has 8 heteroatoms. The van der Waals surface area contributed by atoms with E-state index in [0.29, 0.717) is 34.2 Å². The number of benzene rings is 1. The van der Waals surface area contributed by atoms with Crippen molar-refractivity contribution >= 4 is 35.1 Å². The second-order valence-electron chi connectivity index (χ2n) is 9.35. The molecule has 0 heterocycles. The van der Waals surface area contributed by atoms with Gasteiger partial charge in [-0.05, 0) is 81.4 Å². The minimum absolute atomic E-state index is 0.0377. The summed E-state index contributed by atoms with van der Waals surface area (Å²) in [5, 5.41) is 5.86. The van der Waals surface area contributed by atoms with Crippen LogP contribution in [0.2, 0.25) is 5.02 Å². The number of carbonyl (C=O) groups is 3. The number of esters is 1. The Morgan fingerprint density at radius 3 is 2.32 bits per heavy atom. The van der Waals surface area contributed by atoms with E-state index in [1.807, 2.05) is 0 Å². The molecule has 0 aliphatic heterocycles. The Labute approximate surface area is 187 Å². The lowest BCUT2D eigenvalue weighted by molar-refractivity contribution is -0.155. The molecule has 7 nitrogen and oxygen atoms in total. The molecule has 0 radical (unpaired) electrons. The minimum atomic E-state index is -1.03. The molecular formula is C23H29ClN2O5. The van der Waals surface area contributed by atoms with Gasteiger partial charge in [0.15, 0.2) is 6.10 Å². The number of ether oxygens (including phenoxy) is 2. The van der Waals surface area contributed by atoms with E-state index < -0.39 is 18.0 Å². The van der Waals surface area contributed by atoms with Crippen LogP contribution in [-0.2, 0) is 19.1 Å². The summed E-state index contributed by atoms with van der Waals surface area (Å²) in [6, 6.07) is 4.83. The van der Waals surface area contributed by atoms with Crippen molar-refractivity contribution in [2.45, 2.75) is 51.6 Å². The Kier molecular flexibility index (Phi) is 6.15. The second kappa shape index (κ2) is 8.69. The first-order valence-electron chi connectivity index (χ1n) is 10.9. The Morgan fingerprint density at radius 1 is 1.13 bits per heavy atom. The van der Waals surface area contributed by atoms with Crippen molar-refractivity contribution in [3.63, 3.8) is 0 Å². The summed E-state index contributed by atoms with van der Waals surface area (Å²) in [5.74, 6) is 1.20. The Hall–Kier alpha value is -2.28. The van der Waals surface area contributed by atoms with Crippen molar-refractivity contribution < 1.29 is 23.9 Å². The molecule has 1 aromatic carbocycles. The monoisotopic (exact) mass is 448 g/mol. The Bertz CT molecular complexity index is 851. The smallest absolute Gasteiger partial charge is 0.326 e. The largest absolute Gasteiger partial charge is 0.495 e. The summed E-state index contributed by atoms with van der Waals surface area (Å²) in [6.07, 6.45) is 5.50. The predicted octanol–water partition coefficient (Wildman–Crippen LogP) is 3.55. The quantitative estimate of drug-likeness (QED) is 0.622. The number of hydrogen-bond acceptors (Lipinski definition) is 5. The van der Waals surface area contributed by atoms with Crippen molar-refractivity contribution in [2.75, 3.05) is 19.0 Å². The van der Waals surface area contributed by atoms with Crippen LogP contribution in [0.5, 0.6) is 5.75 Å². The predicted molar refractivity (Wildman–Crippen MR) is 116 cm³/mol. The summed E-state index contributed by atoms with van der Waals surface area (Å²) in [7, 11) is 1.48. The number of rotatable bonds is 7. The molecular weight excluding hydrogens is 420 g/mol. The van der Waals surface area contributed by atoms with E-state index in [-0.39, 0.29) is 17.9 Å². The first-order chi connectivity index (χ1) is 14.8. The molecule has 1 aromatic rings. The van der Waals surface area contributed by atoms with Gasteiger partial charge in [0, 0.05) is 10.4 Å². The molecule has 4 aliphatic carbocycles. The van der Waals surface area contributed by atoms with Gasteiger partial charge in [0.25, 0.3) is 5.91 Å². The van der Waals surface area contributed by atoms with Gasteiger partial charge in [0.1, 0.15) is 12.3 Å². The van der Waals surface area contributed by atoms with E-state index in [1.165, 1.54) is 33.3 Å². The summed E-state index contributed by atoms with van der Waals surface area (Å²) < 4.78 is 10.4. The van der Waals surface area contributed by atoms with Gasteiger partial charge in [-0.15, -0.1) is 0 Å². The van der Waals surface area contributed by atoms with Crippen molar-refractivity contribution in [2.24, 2.45) is 23.2 Å². The van der Waals surface area contributed by atoms with E-state index in [1.54, 1.807) is 18.2 Å². The average molecular weight is 449 g/mol. The lowest BCUT2D eigenvalue weighted by Gasteiger charge is -2.55. The lowest BCUT2D eigenvalue weighted by Crippen LogP contribution is -2.54. The van der Waals surface area contributed by atoms with Gasteiger partial charge in [0.2, 0.25) is 5.91 Å². The third-order valence-electron chi connectivity index (χ3n) is 7.01. The van der Waals surface area contributed by atoms with Gasteiger partial charge >= 0.3 is 5.97 Å². The van der Waals surface area contributed by atoms with Crippen LogP contribution in [0.1, 0.15) is 45.4 Å². The highest BCUT2D eigenvalue weighted by Gasteiger charge is 2.54. The highest BCUT2D eigenvalue weighted by molar-refractivity contribution is 6.31. The van der Waals surface area contributed by atoms with Crippen LogP contribution < -0.4 is 15.4 Å². The fourth-order valence-electron chi connectivity index (χ4n) is 6.03. The molecule has 4 fully saturated rings. The zero-order chi connectivity index (χ0) is 22.2. The highest BCUT2D eigenvalue weighted by Crippen LogP contribution is 2.60. The van der Waals surface area contributed by atoms with E-state index >= 15 is 0 Å². The highest BCUT2D eigenvalue weighted by atomic mass is 35.5. The van der Waals surface area contributed by atoms with Crippen molar-refractivity contribution in [3.05, 3.63) is 23.2 Å². The van der Waals surface area contributed by atoms with E-state index in [9.17, 15) is 14.4 Å². The maximum Gasteiger partial charge on any atom is 0.326 e. The van der Waals surface area contributed by atoms with Gasteiger partial charge in [0.05, 0.1) is 12.8 Å². The maximum atomic E-state index is 12.9. The van der Waals surface area contributed by atoms with Crippen molar-refractivity contribution in [3.8, 4) is 5.75 Å². The minimum Gasteiger partial charge on any atom is -0.495 e. The molecule has 4 aliphatic rings. The molecule has 1 unspecified atom stereocenters. The lowest BCUT2D eigenvalue weighted by atomic mass is 9.49. The summed E-state index contributed by atoms with van der Waals surface area (Å²) in [5.41, 5.74) is 0.0688. The van der Waals surface area contributed by atoms with Gasteiger partial charge in [-0.3, -0.25) is 14.4 Å². The molecule has 1 atom stereocenters. The van der Waals surface area contributed by atoms with Crippen LogP contribution in [-0.4, -0.2) is 37.5 Å². The van der Waals surface area contributed by atoms with Gasteiger partial charge in [-0.25, -0.2) is 0 Å². The number of anilines is 1. The molecule has 0 aromatic heterocycles. The molecule has 31 heavy (non-hydrogen) atoms. The third kappa shape index (κ3) is 4.66. The number of hydrogen-bond donors (Lipinski definition) is 2. The average Bonchev–Trinajstić information content (AvgIpc) is 2.71. The van der Waals surface area contributed by atoms with Crippen LogP contribution >= 0.6 is 11.6 Å². The standard InChI is InChI=1S/C23H29ClN2O5/c1-13(21(28)26-18-8-17(24)3-4-19(18)30-2)31-20(27)12-25-22(29)23-9-14-5-15(10-23)7-16(6-14)11-23/h3-4,8,13-16H,5-7,9-12H2,1-2H3,(H,25,29)(H,26,28). The van der Waals surface area contributed by atoms with Crippen LogP contribution in [0.3, 0.4) is 0 Å². The van der Waals surface area contributed by atoms with E-state index in [4.69, 9.17) is 21.1 Å². The van der Waals surface area contributed by atoms with Crippen LogP contribution in [0.25, 0.3) is 0 Å². The van der Waals surface area contributed by atoms with E-state index in [0.717, 1.165) is 19.3 Å². The maximum absolute atomic E-state index is 12.9. The zero-order valence-electron chi connectivity index (χ0n) is 17.9. The van der Waals surface area contributed by atoms with Gasteiger partial charge < -0.3 is 20.1 Å². The summed E-state index contributed by atoms with van der Waals surface area (Å²) in [4.78, 5) is 37.6. The molecule has 168 valence electrons. The Morgan fingerprint density at radius 2 is 1.74 bits per heavy atom. The second-order valence-corrected chi connectivity index (χ2v) is 9.78. The first-order valence-corrected chi connectivity index (χ1v) is 11.3. The normalized spacial score (nSPS) is 29.2. The number of methoxy groups -OCH3 is 1. The fourth-order valence-corrected chi connectivity index (χ4v) is 6.21. The third-order valence-corrected chi connectivity index (χ3v) is 7.25. The fraction of sp³-hybridized carbons (Fsp3) is 0.609. The number of halogens is 1. The molecule has 5 rings (SSSR count). The van der Waals surface area contributed by atoms with Crippen molar-refractivity contribution in [1.82, 2.24) is 5.32 Å². The van der Waals surface area contributed by atoms with Gasteiger partial charge in [-0.1, -0.05) is 11.6 Å².